The molecule has 0 heterocycles. The molecule has 0 N–H and O–H groups in total. The number of phosphoric ester groups is 1. The Hall–Kier alpha value is -2.57. The van der Waals surface area contributed by atoms with Gasteiger partial charge in [-0.05, 0) is 39.5 Å². The first-order valence-corrected chi connectivity index (χ1v) is 25.4. The number of rotatable bonds is 44. The normalized spacial score (nSPS) is 12.9. The standard InChI is InChI=1S/C48H88NO12P/c1-42(2)47(52)56-37-32-28-24-20-16-12-8-10-14-18-22-26-30-34-45(50)58-40-44(41-60-62(54,55)59-39-36-49(5,6)7)61-46(51)35-31-27-23-19-15-11-9-13-17-21-25-29-33-38-57-48(53)43(3)4/h44H,1,3,8-41H2,2,4-7H3. The third kappa shape index (κ3) is 41.4. The van der Waals surface area contributed by atoms with Crippen LogP contribution < -0.4 is 4.89 Å². The zero-order chi connectivity index (χ0) is 46.3. The van der Waals surface area contributed by atoms with Crippen LogP contribution in [-0.4, -0.2) is 95.2 Å². The first kappa shape index (κ1) is 59.4. The predicted octanol–water partition coefficient (Wildman–Crippen LogP) is 10.8. The molecule has 0 aromatic carbocycles. The van der Waals surface area contributed by atoms with E-state index in [0.29, 0.717) is 48.2 Å². The summed E-state index contributed by atoms with van der Waals surface area (Å²) in [5.41, 5.74) is 0.879. The van der Waals surface area contributed by atoms with Crippen molar-refractivity contribution in [2.24, 2.45) is 0 Å². The molecule has 0 aromatic heterocycles. The van der Waals surface area contributed by atoms with Crippen molar-refractivity contribution in [3.05, 3.63) is 24.3 Å². The van der Waals surface area contributed by atoms with Gasteiger partial charge < -0.3 is 37.4 Å². The molecular weight excluding hydrogens is 813 g/mol. The third-order valence-corrected chi connectivity index (χ3v) is 11.3. The van der Waals surface area contributed by atoms with E-state index in [4.69, 9.17) is 28.0 Å². The molecule has 13 nitrogen and oxygen atoms in total. The number of unbranched alkanes of at least 4 members (excludes halogenated alkanes) is 24. The van der Waals surface area contributed by atoms with E-state index in [9.17, 15) is 28.6 Å². The zero-order valence-corrected chi connectivity index (χ0v) is 40.7. The van der Waals surface area contributed by atoms with E-state index in [1.54, 1.807) is 13.8 Å². The molecule has 2 unspecified atom stereocenters. The van der Waals surface area contributed by atoms with Crippen LogP contribution in [0.1, 0.15) is 194 Å². The molecule has 0 aliphatic carbocycles. The van der Waals surface area contributed by atoms with Gasteiger partial charge in [-0.3, -0.25) is 14.2 Å². The molecule has 0 rings (SSSR count). The summed E-state index contributed by atoms with van der Waals surface area (Å²) in [7, 11) is 1.09. The van der Waals surface area contributed by atoms with Crippen molar-refractivity contribution in [3.8, 4) is 0 Å². The summed E-state index contributed by atoms with van der Waals surface area (Å²) in [6.45, 7) is 11.0. The number of ether oxygens (including phenoxy) is 4. The van der Waals surface area contributed by atoms with Gasteiger partial charge in [0.25, 0.3) is 7.82 Å². The molecule has 0 aromatic rings. The van der Waals surface area contributed by atoms with Crippen LogP contribution in [0.3, 0.4) is 0 Å². The van der Waals surface area contributed by atoms with E-state index < -0.39 is 32.5 Å². The van der Waals surface area contributed by atoms with Crippen molar-refractivity contribution >= 4 is 31.7 Å². The van der Waals surface area contributed by atoms with Crippen LogP contribution in [0.25, 0.3) is 0 Å². The summed E-state index contributed by atoms with van der Waals surface area (Å²) in [6, 6.07) is 0. The molecule has 0 fully saturated rings. The van der Waals surface area contributed by atoms with E-state index in [1.165, 1.54) is 70.6 Å². The molecule has 362 valence electrons. The minimum Gasteiger partial charge on any atom is -0.756 e. The van der Waals surface area contributed by atoms with Gasteiger partial charge in [-0.1, -0.05) is 154 Å². The van der Waals surface area contributed by atoms with Gasteiger partial charge >= 0.3 is 23.9 Å². The molecule has 0 bridgehead atoms. The Kier molecular flexibility index (Phi) is 37.2. The number of hydrogen-bond acceptors (Lipinski definition) is 12. The number of phosphoric acid groups is 1. The SMILES string of the molecule is C=C(C)C(=O)OCCCCCCCCCCCCCCCC(=O)OCC(COP(=O)([O-])OCC[N+](C)(C)C)OC(=O)CCCCCCCCCCCCCCCOC(=O)C(=C)C. The maximum Gasteiger partial charge on any atom is 0.333 e. The van der Waals surface area contributed by atoms with Crippen molar-refractivity contribution in [2.75, 3.05) is 60.7 Å². The topological polar surface area (TPSA) is 164 Å². The Balaban J connectivity index is 4.24. The number of carbonyl (C=O) groups is 4. The van der Waals surface area contributed by atoms with E-state index in [1.807, 2.05) is 21.1 Å². The highest BCUT2D eigenvalue weighted by atomic mass is 31.2. The van der Waals surface area contributed by atoms with Crippen LogP contribution >= 0.6 is 7.82 Å². The fourth-order valence-electron chi connectivity index (χ4n) is 6.47. The Labute approximate surface area is 376 Å². The van der Waals surface area contributed by atoms with E-state index in [-0.39, 0.29) is 38.0 Å². The number of quaternary nitrogens is 1. The molecule has 0 aliphatic heterocycles. The Morgan fingerprint density at radius 1 is 0.484 bits per heavy atom. The lowest BCUT2D eigenvalue weighted by atomic mass is 10.0. The number of hydrogen-bond donors (Lipinski definition) is 0. The van der Waals surface area contributed by atoms with Crippen molar-refractivity contribution in [2.45, 2.75) is 200 Å². The van der Waals surface area contributed by atoms with Crippen molar-refractivity contribution < 1.29 is 61.1 Å². The quantitative estimate of drug-likeness (QED) is 0.0142. The van der Waals surface area contributed by atoms with Gasteiger partial charge in [-0.25, -0.2) is 9.59 Å². The molecule has 0 spiro atoms. The molecule has 0 saturated heterocycles. The highest BCUT2D eigenvalue weighted by molar-refractivity contribution is 7.45. The van der Waals surface area contributed by atoms with Crippen LogP contribution in [0.5, 0.6) is 0 Å². The number of likely N-dealkylation sites (N-methyl/N-ethyl adjacent to an activating group) is 1. The van der Waals surface area contributed by atoms with E-state index >= 15 is 0 Å². The van der Waals surface area contributed by atoms with Crippen LogP contribution in [0, 0.1) is 0 Å². The summed E-state index contributed by atoms with van der Waals surface area (Å²) < 4.78 is 44.2. The maximum atomic E-state index is 12.7. The van der Waals surface area contributed by atoms with E-state index in [0.717, 1.165) is 83.5 Å². The van der Waals surface area contributed by atoms with Gasteiger partial charge in [-0.15, -0.1) is 0 Å². The zero-order valence-electron chi connectivity index (χ0n) is 39.8. The van der Waals surface area contributed by atoms with Gasteiger partial charge in [0.2, 0.25) is 0 Å². The summed E-state index contributed by atoms with van der Waals surface area (Å²) in [5.74, 6) is -1.52. The fourth-order valence-corrected chi connectivity index (χ4v) is 7.19. The Morgan fingerprint density at radius 2 is 0.823 bits per heavy atom. The van der Waals surface area contributed by atoms with Crippen LogP contribution in [0.2, 0.25) is 0 Å². The average molecular weight is 902 g/mol. The number of nitrogens with zero attached hydrogens (tertiary/aromatic N) is 1. The van der Waals surface area contributed by atoms with Crippen LogP contribution in [0.15, 0.2) is 24.3 Å². The van der Waals surface area contributed by atoms with E-state index in [2.05, 4.69) is 13.2 Å². The van der Waals surface area contributed by atoms with Gasteiger partial charge in [0.05, 0.1) is 41.0 Å². The predicted molar refractivity (Wildman–Crippen MR) is 244 cm³/mol. The molecule has 0 saturated carbocycles. The molecule has 62 heavy (non-hydrogen) atoms. The molecule has 0 aliphatic rings. The second-order valence-electron chi connectivity index (χ2n) is 17.9. The van der Waals surface area contributed by atoms with Gasteiger partial charge in [0.15, 0.2) is 6.10 Å². The van der Waals surface area contributed by atoms with Crippen LogP contribution in [-0.2, 0) is 51.7 Å². The Morgan fingerprint density at radius 3 is 1.18 bits per heavy atom. The second kappa shape index (κ2) is 38.9. The largest absolute Gasteiger partial charge is 0.756 e. The lowest BCUT2D eigenvalue weighted by Gasteiger charge is -2.28. The van der Waals surface area contributed by atoms with Gasteiger partial charge in [0.1, 0.15) is 19.8 Å². The van der Waals surface area contributed by atoms with Crippen molar-refractivity contribution in [3.63, 3.8) is 0 Å². The minimum atomic E-state index is -4.66. The lowest BCUT2D eigenvalue weighted by Crippen LogP contribution is -2.37. The smallest absolute Gasteiger partial charge is 0.333 e. The first-order chi connectivity index (χ1) is 29.5. The summed E-state index contributed by atoms with van der Waals surface area (Å²) in [6.07, 6.45) is 27.6. The number of esters is 4. The molecular formula is C48H88NO12P. The summed E-state index contributed by atoms with van der Waals surface area (Å²) >= 11 is 0. The third-order valence-electron chi connectivity index (χ3n) is 10.4. The molecule has 2 atom stereocenters. The van der Waals surface area contributed by atoms with Crippen molar-refractivity contribution in [1.82, 2.24) is 0 Å². The van der Waals surface area contributed by atoms with Gasteiger partial charge in [-0.2, -0.15) is 0 Å². The fraction of sp³-hybridized carbons (Fsp3) is 0.833. The molecule has 0 amide bonds. The highest BCUT2D eigenvalue weighted by Gasteiger charge is 2.22. The molecule has 14 heteroatoms. The molecule has 0 radical (unpaired) electrons. The first-order valence-electron chi connectivity index (χ1n) is 23.9. The maximum absolute atomic E-state index is 12.7. The Bertz CT molecular complexity index is 1270. The summed E-state index contributed by atoms with van der Waals surface area (Å²) in [5, 5.41) is 0. The second-order valence-corrected chi connectivity index (χ2v) is 19.3. The van der Waals surface area contributed by atoms with Crippen molar-refractivity contribution in [1.29, 1.82) is 0 Å². The highest BCUT2D eigenvalue weighted by Crippen LogP contribution is 2.38. The minimum absolute atomic E-state index is 0.0527. The van der Waals surface area contributed by atoms with Gasteiger partial charge in [0, 0.05) is 24.0 Å². The average Bonchev–Trinajstić information content (AvgIpc) is 3.20. The monoisotopic (exact) mass is 902 g/mol. The lowest BCUT2D eigenvalue weighted by molar-refractivity contribution is -0.870. The number of carbonyl (C=O) groups excluding carboxylic acids is 4. The van der Waals surface area contributed by atoms with Crippen LogP contribution in [0.4, 0.5) is 0 Å². The summed E-state index contributed by atoms with van der Waals surface area (Å²) in [4.78, 5) is 60.4.